The van der Waals surface area contributed by atoms with Gasteiger partial charge in [-0.25, -0.2) is 0 Å². The van der Waals surface area contributed by atoms with Crippen LogP contribution in [0.5, 0.6) is 5.75 Å². The molecule has 0 bridgehead atoms. The van der Waals surface area contributed by atoms with E-state index < -0.39 is 0 Å². The van der Waals surface area contributed by atoms with Crippen molar-refractivity contribution in [2.24, 2.45) is 0 Å². The van der Waals surface area contributed by atoms with E-state index in [1.165, 1.54) is 5.56 Å². The summed E-state index contributed by atoms with van der Waals surface area (Å²) >= 11 is 0. The van der Waals surface area contributed by atoms with Crippen molar-refractivity contribution < 1.29 is 14.3 Å². The number of fused-ring (bicyclic) bond motifs is 1. The highest BCUT2D eigenvalue weighted by Gasteiger charge is 2.26. The maximum atomic E-state index is 12.7. The van der Waals surface area contributed by atoms with E-state index in [1.54, 1.807) is 23.1 Å². The minimum absolute atomic E-state index is 0.00715. The Morgan fingerprint density at radius 3 is 2.47 bits per heavy atom. The lowest BCUT2D eigenvalue weighted by molar-refractivity contribution is -0.121. The fraction of sp³-hybridized carbons (Fsp3) is 0.200. The average Bonchev–Trinajstić information content (AvgIpc) is 2.73. The van der Waals surface area contributed by atoms with Gasteiger partial charge in [-0.1, -0.05) is 35.9 Å². The van der Waals surface area contributed by atoms with Crippen LogP contribution in [0.1, 0.15) is 32.6 Å². The van der Waals surface area contributed by atoms with E-state index in [0.29, 0.717) is 29.2 Å². The number of nitrogens with one attached hydrogen (secondary N) is 1. The molecule has 0 saturated heterocycles. The number of hydrogen-bond acceptors (Lipinski definition) is 3. The van der Waals surface area contributed by atoms with Gasteiger partial charge >= 0.3 is 0 Å². The molecule has 0 spiro atoms. The van der Waals surface area contributed by atoms with Gasteiger partial charge in [0, 0.05) is 11.3 Å². The van der Waals surface area contributed by atoms with Crippen LogP contribution in [-0.2, 0) is 11.3 Å². The first-order chi connectivity index (χ1) is 14.4. The van der Waals surface area contributed by atoms with Gasteiger partial charge < -0.3 is 15.0 Å². The molecule has 1 aliphatic heterocycles. The Morgan fingerprint density at radius 1 is 0.967 bits per heavy atom. The standard InChI is InChI=1S/C25H24N2O3/c1-16-4-7-19(8-5-16)14-27-22-13-21(10-11-23(22)30-15-24(27)28)26-25(29)20-9-6-17(2)18(3)12-20/h4-13H,14-15H2,1-3H3,(H,26,29). The molecule has 5 heteroatoms. The van der Waals surface area contributed by atoms with Gasteiger partial charge in [0.25, 0.3) is 11.8 Å². The number of hydrogen-bond donors (Lipinski definition) is 1. The molecule has 30 heavy (non-hydrogen) atoms. The van der Waals surface area contributed by atoms with E-state index >= 15 is 0 Å². The molecule has 1 heterocycles. The number of aryl methyl sites for hydroxylation is 3. The third-order valence-electron chi connectivity index (χ3n) is 5.39. The number of carbonyl (C=O) groups is 2. The molecule has 0 fully saturated rings. The van der Waals surface area contributed by atoms with Gasteiger partial charge in [0.05, 0.1) is 12.2 Å². The molecule has 0 unspecified atom stereocenters. The first-order valence-electron chi connectivity index (χ1n) is 9.92. The Morgan fingerprint density at radius 2 is 1.73 bits per heavy atom. The SMILES string of the molecule is Cc1ccc(CN2C(=O)COc3ccc(NC(=O)c4ccc(C)c(C)c4)cc32)cc1. The van der Waals surface area contributed by atoms with Gasteiger partial charge in [0.2, 0.25) is 0 Å². The van der Waals surface area contributed by atoms with Crippen LogP contribution in [-0.4, -0.2) is 18.4 Å². The normalized spacial score (nSPS) is 12.9. The zero-order valence-electron chi connectivity index (χ0n) is 17.4. The quantitative estimate of drug-likeness (QED) is 0.685. The number of amides is 2. The van der Waals surface area contributed by atoms with E-state index in [1.807, 2.05) is 63.2 Å². The topological polar surface area (TPSA) is 58.6 Å². The predicted octanol–water partition coefficient (Wildman–Crippen LogP) is 4.79. The molecule has 0 aliphatic carbocycles. The van der Waals surface area contributed by atoms with E-state index in [-0.39, 0.29) is 18.4 Å². The Bertz CT molecular complexity index is 1120. The monoisotopic (exact) mass is 400 g/mol. The van der Waals surface area contributed by atoms with Crippen molar-refractivity contribution in [3.8, 4) is 5.75 Å². The summed E-state index contributed by atoms with van der Waals surface area (Å²) in [5.41, 5.74) is 6.28. The Balaban J connectivity index is 1.59. The second-order valence-corrected chi connectivity index (χ2v) is 7.69. The third-order valence-corrected chi connectivity index (χ3v) is 5.39. The predicted molar refractivity (Wildman–Crippen MR) is 118 cm³/mol. The Kier molecular flexibility index (Phi) is 5.27. The second kappa shape index (κ2) is 8.03. The van der Waals surface area contributed by atoms with Gasteiger partial charge in [-0.05, 0) is 67.8 Å². The van der Waals surface area contributed by atoms with Crippen molar-refractivity contribution in [1.82, 2.24) is 0 Å². The summed E-state index contributed by atoms with van der Waals surface area (Å²) in [7, 11) is 0. The van der Waals surface area contributed by atoms with Crippen molar-refractivity contribution in [3.63, 3.8) is 0 Å². The molecule has 5 nitrogen and oxygen atoms in total. The number of anilines is 2. The summed E-state index contributed by atoms with van der Waals surface area (Å²) in [6.07, 6.45) is 0. The fourth-order valence-corrected chi connectivity index (χ4v) is 3.42. The lowest BCUT2D eigenvalue weighted by Crippen LogP contribution is -2.38. The molecular weight excluding hydrogens is 376 g/mol. The van der Waals surface area contributed by atoms with E-state index in [9.17, 15) is 9.59 Å². The van der Waals surface area contributed by atoms with E-state index in [4.69, 9.17) is 4.74 Å². The van der Waals surface area contributed by atoms with Crippen LogP contribution in [0.25, 0.3) is 0 Å². The zero-order valence-corrected chi connectivity index (χ0v) is 17.4. The van der Waals surface area contributed by atoms with Crippen molar-refractivity contribution in [2.75, 3.05) is 16.8 Å². The van der Waals surface area contributed by atoms with Crippen LogP contribution in [0, 0.1) is 20.8 Å². The summed E-state index contributed by atoms with van der Waals surface area (Å²) in [5, 5.41) is 2.93. The van der Waals surface area contributed by atoms with Crippen LogP contribution in [0.3, 0.4) is 0 Å². The van der Waals surface area contributed by atoms with Crippen LogP contribution in [0.4, 0.5) is 11.4 Å². The summed E-state index contributed by atoms with van der Waals surface area (Å²) < 4.78 is 5.59. The number of nitrogens with zero attached hydrogens (tertiary/aromatic N) is 1. The molecule has 1 N–H and O–H groups in total. The molecule has 0 saturated carbocycles. The van der Waals surface area contributed by atoms with Crippen molar-refractivity contribution in [3.05, 3.63) is 88.5 Å². The lowest BCUT2D eigenvalue weighted by atomic mass is 10.1. The van der Waals surface area contributed by atoms with E-state index in [0.717, 1.165) is 16.7 Å². The number of benzene rings is 3. The first-order valence-corrected chi connectivity index (χ1v) is 9.92. The molecule has 0 radical (unpaired) electrons. The van der Waals surface area contributed by atoms with Crippen LogP contribution >= 0.6 is 0 Å². The Labute approximate surface area is 176 Å². The van der Waals surface area contributed by atoms with Crippen molar-refractivity contribution in [1.29, 1.82) is 0 Å². The highest BCUT2D eigenvalue weighted by Crippen LogP contribution is 2.35. The molecule has 1 aliphatic rings. The fourth-order valence-electron chi connectivity index (χ4n) is 3.42. The van der Waals surface area contributed by atoms with Crippen molar-refractivity contribution in [2.45, 2.75) is 27.3 Å². The molecule has 0 atom stereocenters. The molecule has 3 aromatic rings. The largest absolute Gasteiger partial charge is 0.482 e. The van der Waals surface area contributed by atoms with Crippen LogP contribution in [0.15, 0.2) is 60.7 Å². The zero-order chi connectivity index (χ0) is 21.3. The smallest absolute Gasteiger partial charge is 0.265 e. The van der Waals surface area contributed by atoms with E-state index in [2.05, 4.69) is 5.32 Å². The van der Waals surface area contributed by atoms with Crippen LogP contribution in [0.2, 0.25) is 0 Å². The molecular formula is C25H24N2O3. The highest BCUT2D eigenvalue weighted by atomic mass is 16.5. The first kappa shape index (κ1) is 19.7. The summed E-state index contributed by atoms with van der Waals surface area (Å²) in [6, 6.07) is 19.1. The number of ether oxygens (including phenoxy) is 1. The van der Waals surface area contributed by atoms with Gasteiger partial charge in [-0.2, -0.15) is 0 Å². The van der Waals surface area contributed by atoms with Gasteiger partial charge in [0.15, 0.2) is 6.61 Å². The van der Waals surface area contributed by atoms with Gasteiger partial charge in [-0.15, -0.1) is 0 Å². The summed E-state index contributed by atoms with van der Waals surface area (Å²) in [4.78, 5) is 27.0. The second-order valence-electron chi connectivity index (χ2n) is 7.69. The highest BCUT2D eigenvalue weighted by molar-refractivity contribution is 6.05. The maximum absolute atomic E-state index is 12.7. The minimum Gasteiger partial charge on any atom is -0.482 e. The van der Waals surface area contributed by atoms with Gasteiger partial charge in [0.1, 0.15) is 5.75 Å². The number of rotatable bonds is 4. The maximum Gasteiger partial charge on any atom is 0.265 e. The average molecular weight is 400 g/mol. The van der Waals surface area contributed by atoms with Crippen molar-refractivity contribution >= 4 is 23.2 Å². The molecule has 2 amide bonds. The number of carbonyl (C=O) groups excluding carboxylic acids is 2. The minimum atomic E-state index is -0.189. The molecule has 4 rings (SSSR count). The molecule has 3 aromatic carbocycles. The third kappa shape index (κ3) is 4.06. The molecule has 0 aromatic heterocycles. The lowest BCUT2D eigenvalue weighted by Gasteiger charge is -2.30. The van der Waals surface area contributed by atoms with Gasteiger partial charge in [-0.3, -0.25) is 9.59 Å². The molecule has 152 valence electrons. The summed E-state index contributed by atoms with van der Waals surface area (Å²) in [6.45, 7) is 6.48. The summed E-state index contributed by atoms with van der Waals surface area (Å²) in [5.74, 6) is 0.331. The van der Waals surface area contributed by atoms with Crippen LogP contribution < -0.4 is 15.0 Å². The Hall–Kier alpha value is -3.60.